The maximum absolute atomic E-state index is 11.4. The molecule has 1 aromatic heterocycles. The number of ether oxygens (including phenoxy) is 1. The maximum atomic E-state index is 11.4. The molecule has 1 heterocycles. The fourth-order valence-corrected chi connectivity index (χ4v) is 2.43. The van der Waals surface area contributed by atoms with Crippen molar-refractivity contribution < 1.29 is 14.6 Å². The van der Waals surface area contributed by atoms with Crippen LogP contribution in [0.3, 0.4) is 0 Å². The molecule has 1 aromatic rings. The van der Waals surface area contributed by atoms with Crippen LogP contribution < -0.4 is 10.1 Å². The lowest BCUT2D eigenvalue weighted by Gasteiger charge is -1.98. The summed E-state index contributed by atoms with van der Waals surface area (Å²) in [5.41, 5.74) is 0. The summed E-state index contributed by atoms with van der Waals surface area (Å²) in [5.74, 6) is 0.442. The van der Waals surface area contributed by atoms with Gasteiger partial charge in [-0.1, -0.05) is 0 Å². The van der Waals surface area contributed by atoms with E-state index < -0.39 is 0 Å². The number of carbonyl (C=O) groups excluding carboxylic acids is 1. The number of methoxy groups -OCH3 is 1. The summed E-state index contributed by atoms with van der Waals surface area (Å²) >= 11 is 4.57. The van der Waals surface area contributed by atoms with Gasteiger partial charge in [0.15, 0.2) is 0 Å². The number of nitrogens with one attached hydrogen (secondary N) is 1. The Hall–Kier alpha value is -0.590. The molecule has 0 spiro atoms. The van der Waals surface area contributed by atoms with Gasteiger partial charge in [0.05, 0.1) is 18.6 Å². The molecule has 0 saturated heterocycles. The molecule has 0 aliphatic carbocycles. The van der Waals surface area contributed by atoms with Crippen LogP contribution in [-0.4, -0.2) is 31.3 Å². The van der Waals surface area contributed by atoms with Crippen molar-refractivity contribution in [3.8, 4) is 5.75 Å². The Labute approximate surface area is 94.0 Å². The number of hydrogen-bond acceptors (Lipinski definition) is 4. The van der Waals surface area contributed by atoms with Gasteiger partial charge in [-0.3, -0.25) is 4.79 Å². The highest BCUT2D eigenvalue weighted by Crippen LogP contribution is 2.34. The van der Waals surface area contributed by atoms with E-state index in [-0.39, 0.29) is 19.1 Å². The van der Waals surface area contributed by atoms with Crippen molar-refractivity contribution >= 4 is 33.2 Å². The molecule has 0 bridgehead atoms. The minimum absolute atomic E-state index is 0.0601. The van der Waals surface area contributed by atoms with E-state index in [0.717, 1.165) is 3.79 Å². The molecule has 6 heteroatoms. The van der Waals surface area contributed by atoms with E-state index in [9.17, 15) is 4.79 Å². The number of thiophene rings is 1. The Balaban J connectivity index is 2.70. The molecular weight excluding hydrogens is 270 g/mol. The average Bonchev–Trinajstić information content (AvgIpc) is 2.56. The second kappa shape index (κ2) is 5.33. The van der Waals surface area contributed by atoms with Gasteiger partial charge in [-0.05, 0) is 15.9 Å². The predicted octanol–water partition coefficient (Wildman–Crippen LogP) is 1.24. The lowest BCUT2D eigenvalue weighted by molar-refractivity contribution is 0.0948. The zero-order valence-corrected chi connectivity index (χ0v) is 9.94. The third-order valence-electron chi connectivity index (χ3n) is 1.50. The van der Waals surface area contributed by atoms with Crippen molar-refractivity contribution in [2.45, 2.75) is 0 Å². The lowest BCUT2D eigenvalue weighted by Crippen LogP contribution is -2.25. The summed E-state index contributed by atoms with van der Waals surface area (Å²) in [7, 11) is 1.54. The highest BCUT2D eigenvalue weighted by atomic mass is 79.9. The quantitative estimate of drug-likeness (QED) is 0.872. The van der Waals surface area contributed by atoms with E-state index in [0.29, 0.717) is 10.6 Å². The van der Waals surface area contributed by atoms with Crippen LogP contribution in [0.15, 0.2) is 9.85 Å². The van der Waals surface area contributed by atoms with Crippen LogP contribution in [-0.2, 0) is 0 Å². The molecule has 1 rings (SSSR count). The molecule has 0 aromatic carbocycles. The summed E-state index contributed by atoms with van der Waals surface area (Å²) in [6.45, 7) is 0.200. The lowest BCUT2D eigenvalue weighted by atomic mass is 10.4. The van der Waals surface area contributed by atoms with Crippen LogP contribution in [0.1, 0.15) is 9.67 Å². The van der Waals surface area contributed by atoms with Gasteiger partial charge in [0.25, 0.3) is 5.91 Å². The van der Waals surface area contributed by atoms with Gasteiger partial charge in [0, 0.05) is 12.6 Å². The SMILES string of the molecule is COc1cc(C(=O)NCCO)sc1Br. The smallest absolute Gasteiger partial charge is 0.261 e. The summed E-state index contributed by atoms with van der Waals surface area (Å²) < 4.78 is 5.80. The molecule has 0 aliphatic rings. The molecule has 0 aliphatic heterocycles. The number of carbonyl (C=O) groups is 1. The van der Waals surface area contributed by atoms with Crippen molar-refractivity contribution in [2.24, 2.45) is 0 Å². The van der Waals surface area contributed by atoms with Crippen LogP contribution in [0.2, 0.25) is 0 Å². The molecule has 0 fully saturated rings. The summed E-state index contributed by atoms with van der Waals surface area (Å²) in [6.07, 6.45) is 0. The topological polar surface area (TPSA) is 58.6 Å². The van der Waals surface area contributed by atoms with Gasteiger partial charge in [0.2, 0.25) is 0 Å². The summed E-state index contributed by atoms with van der Waals surface area (Å²) in [5, 5.41) is 11.1. The fraction of sp³-hybridized carbons (Fsp3) is 0.375. The van der Waals surface area contributed by atoms with Crippen molar-refractivity contribution in [1.82, 2.24) is 5.32 Å². The van der Waals surface area contributed by atoms with Crippen LogP contribution in [0, 0.1) is 0 Å². The van der Waals surface area contributed by atoms with Crippen molar-refractivity contribution in [3.63, 3.8) is 0 Å². The van der Waals surface area contributed by atoms with Crippen LogP contribution in [0.4, 0.5) is 0 Å². The Morgan fingerprint density at radius 3 is 3.00 bits per heavy atom. The zero-order valence-electron chi connectivity index (χ0n) is 7.54. The molecular formula is C8H10BrNO3S. The zero-order chi connectivity index (χ0) is 10.6. The Bertz CT molecular complexity index is 326. The highest BCUT2D eigenvalue weighted by molar-refractivity contribution is 9.11. The molecule has 0 unspecified atom stereocenters. The Kier molecular flexibility index (Phi) is 4.37. The number of rotatable bonds is 4. The molecule has 0 radical (unpaired) electrons. The predicted molar refractivity (Wildman–Crippen MR) is 58.0 cm³/mol. The van der Waals surface area contributed by atoms with Crippen molar-refractivity contribution in [3.05, 3.63) is 14.7 Å². The van der Waals surface area contributed by atoms with Gasteiger partial charge in [-0.2, -0.15) is 0 Å². The normalized spacial score (nSPS) is 9.93. The van der Waals surface area contributed by atoms with Gasteiger partial charge in [-0.15, -0.1) is 11.3 Å². The minimum atomic E-state index is -0.201. The standard InChI is InChI=1S/C8H10BrNO3S/c1-13-5-4-6(14-7(5)9)8(12)10-2-3-11/h4,11H,2-3H2,1H3,(H,10,12). The van der Waals surface area contributed by atoms with Crippen LogP contribution in [0.5, 0.6) is 5.75 Å². The van der Waals surface area contributed by atoms with Crippen LogP contribution in [0.25, 0.3) is 0 Å². The van der Waals surface area contributed by atoms with Crippen LogP contribution >= 0.6 is 27.3 Å². The van der Waals surface area contributed by atoms with E-state index in [1.807, 2.05) is 0 Å². The van der Waals surface area contributed by atoms with E-state index in [1.165, 1.54) is 11.3 Å². The first-order chi connectivity index (χ1) is 6.69. The number of aliphatic hydroxyl groups excluding tert-OH is 1. The number of amides is 1. The second-order valence-corrected chi connectivity index (χ2v) is 4.80. The van der Waals surface area contributed by atoms with E-state index in [4.69, 9.17) is 9.84 Å². The first-order valence-corrected chi connectivity index (χ1v) is 5.52. The fourth-order valence-electron chi connectivity index (χ4n) is 0.860. The molecule has 2 N–H and O–H groups in total. The first kappa shape index (κ1) is 11.5. The van der Waals surface area contributed by atoms with E-state index >= 15 is 0 Å². The Morgan fingerprint density at radius 2 is 2.50 bits per heavy atom. The van der Waals surface area contributed by atoms with Gasteiger partial charge in [-0.25, -0.2) is 0 Å². The van der Waals surface area contributed by atoms with Gasteiger partial charge < -0.3 is 15.2 Å². The highest BCUT2D eigenvalue weighted by Gasteiger charge is 2.12. The van der Waals surface area contributed by atoms with E-state index in [1.54, 1.807) is 13.2 Å². The second-order valence-electron chi connectivity index (χ2n) is 2.43. The average molecular weight is 280 g/mol. The van der Waals surface area contributed by atoms with Crippen molar-refractivity contribution in [1.29, 1.82) is 0 Å². The molecule has 4 nitrogen and oxygen atoms in total. The van der Waals surface area contributed by atoms with E-state index in [2.05, 4.69) is 21.2 Å². The molecule has 14 heavy (non-hydrogen) atoms. The first-order valence-electron chi connectivity index (χ1n) is 3.91. The largest absolute Gasteiger partial charge is 0.495 e. The summed E-state index contributed by atoms with van der Waals surface area (Å²) in [6, 6.07) is 1.65. The third kappa shape index (κ3) is 2.70. The minimum Gasteiger partial charge on any atom is -0.495 e. The number of hydrogen-bond donors (Lipinski definition) is 2. The summed E-state index contributed by atoms with van der Waals surface area (Å²) in [4.78, 5) is 12.0. The third-order valence-corrected chi connectivity index (χ3v) is 3.28. The maximum Gasteiger partial charge on any atom is 0.261 e. The molecule has 0 atom stereocenters. The monoisotopic (exact) mass is 279 g/mol. The molecule has 0 saturated carbocycles. The number of aliphatic hydroxyl groups is 1. The van der Waals surface area contributed by atoms with Gasteiger partial charge in [0.1, 0.15) is 9.54 Å². The van der Waals surface area contributed by atoms with Gasteiger partial charge >= 0.3 is 0 Å². The molecule has 78 valence electrons. The van der Waals surface area contributed by atoms with Crippen molar-refractivity contribution in [2.75, 3.05) is 20.3 Å². The Morgan fingerprint density at radius 1 is 1.79 bits per heavy atom. The number of halogens is 1. The molecule has 1 amide bonds.